The molecule has 2 heteroatoms. The molecule has 0 aliphatic carbocycles. The van der Waals surface area contributed by atoms with Crippen LogP contribution < -0.4 is 0 Å². The summed E-state index contributed by atoms with van der Waals surface area (Å²) in [5.41, 5.74) is 0. The van der Waals surface area contributed by atoms with Gasteiger partial charge in [-0.3, -0.25) is 0 Å². The summed E-state index contributed by atoms with van der Waals surface area (Å²) in [6.45, 7) is 9.07. The quantitative estimate of drug-likeness (QED) is 0.493. The minimum absolute atomic E-state index is 0.632. The Hall–Kier alpha value is 0.736. The van der Waals surface area contributed by atoms with Crippen LogP contribution in [0.25, 0.3) is 0 Å². The van der Waals surface area contributed by atoms with Crippen LogP contribution in [0, 0.1) is 0 Å². The first-order chi connectivity index (χ1) is 4.06. The van der Waals surface area contributed by atoms with Gasteiger partial charge in [0.25, 0.3) is 0 Å². The van der Waals surface area contributed by atoms with Crippen molar-refractivity contribution in [3.63, 3.8) is 0 Å². The molecule has 0 fully saturated rings. The Labute approximate surface area is 66.0 Å². The fourth-order valence-electron chi connectivity index (χ4n) is 0.523. The molecule has 0 saturated heterocycles. The molecule has 56 valence electrons. The van der Waals surface area contributed by atoms with E-state index in [-0.39, 0.29) is 0 Å². The maximum atomic E-state index is 2.47. The van der Waals surface area contributed by atoms with E-state index in [1.165, 1.54) is 18.2 Å². The van der Waals surface area contributed by atoms with E-state index in [0.717, 1.165) is 14.3 Å². The molecule has 0 atom stereocenters. The van der Waals surface area contributed by atoms with Crippen molar-refractivity contribution in [1.29, 1.82) is 0 Å². The molecular weight excluding hydrogens is 191 g/mol. The van der Waals surface area contributed by atoms with E-state index in [9.17, 15) is 0 Å². The first kappa shape index (κ1) is 9.74. The Morgan fingerprint density at radius 3 is 2.11 bits per heavy atom. The average molecular weight is 209 g/mol. The average Bonchev–Trinajstić information content (AvgIpc) is 1.63. The van der Waals surface area contributed by atoms with Crippen LogP contribution in [-0.2, 0) is 0 Å². The van der Waals surface area contributed by atoms with Crippen LogP contribution in [0.2, 0.25) is 25.0 Å². The van der Waals surface area contributed by atoms with Gasteiger partial charge in [0.15, 0.2) is 0 Å². The molecule has 9 heavy (non-hydrogen) atoms. The van der Waals surface area contributed by atoms with Crippen LogP contribution in [0.5, 0.6) is 0 Å². The van der Waals surface area contributed by atoms with Gasteiger partial charge in [0.1, 0.15) is 0 Å². The van der Waals surface area contributed by atoms with Crippen LogP contribution in [0.3, 0.4) is 0 Å². The zero-order valence-corrected chi connectivity index (χ0v) is 9.74. The van der Waals surface area contributed by atoms with Gasteiger partial charge in [0, 0.05) is 0 Å². The molecule has 0 radical (unpaired) electrons. The molecule has 0 aromatic heterocycles. The topological polar surface area (TPSA) is 0 Å². The predicted molar refractivity (Wildman–Crippen MR) is 48.8 cm³/mol. The molecule has 0 rings (SSSR count). The Kier molecular flexibility index (Phi) is 4.91. The molecule has 0 spiro atoms. The number of hydrogen-bond acceptors (Lipinski definition) is 0. The van der Waals surface area contributed by atoms with Crippen molar-refractivity contribution in [3.8, 4) is 0 Å². The van der Waals surface area contributed by atoms with E-state index in [1.807, 2.05) is 0 Å². The minimum atomic E-state index is -0.632. The van der Waals surface area contributed by atoms with Crippen LogP contribution in [0.4, 0.5) is 0 Å². The predicted octanol–water partition coefficient (Wildman–Crippen LogP) is 2.74. The Bertz CT molecular complexity index is 65.8. The molecule has 0 aliphatic rings. The molecule has 0 aromatic rings. The monoisotopic (exact) mass is 210 g/mol. The third-order valence-electron chi connectivity index (χ3n) is 1.03. The van der Waals surface area contributed by atoms with Crippen molar-refractivity contribution in [2.24, 2.45) is 0 Å². The van der Waals surface area contributed by atoms with E-state index < -0.39 is 6.68 Å². The van der Waals surface area contributed by atoms with Gasteiger partial charge < -0.3 is 0 Å². The Morgan fingerprint density at radius 2 is 1.78 bits per heavy atom. The first-order valence-electron chi connectivity index (χ1n) is 3.70. The number of rotatable bonds is 4. The second kappa shape index (κ2) is 4.54. The van der Waals surface area contributed by atoms with Crippen molar-refractivity contribution in [2.45, 2.75) is 44.7 Å². The van der Waals surface area contributed by atoms with Gasteiger partial charge in [-0.25, -0.2) is 0 Å². The summed E-state index contributed by atoms with van der Waals surface area (Å²) in [6, 6.07) is 0. The molecule has 0 aliphatic heterocycles. The normalized spacial score (nSPS) is 12.0. The summed E-state index contributed by atoms with van der Waals surface area (Å²) in [6.07, 6.45) is 2.84. The van der Waals surface area contributed by atoms with E-state index in [2.05, 4.69) is 26.6 Å². The SMILES string of the molecule is CCCC[Se][Si](C)(C)C. The number of unbranched alkanes of at least 4 members (excludes halogenated alkanes) is 1. The van der Waals surface area contributed by atoms with E-state index in [0.29, 0.717) is 0 Å². The van der Waals surface area contributed by atoms with Crippen LogP contribution in [-0.4, -0.2) is 21.0 Å². The first-order valence-corrected chi connectivity index (χ1v) is 10.9. The standard InChI is InChI=1S/C7H18SeSi/c1-5-6-7-8-9(2,3)4/h5-7H2,1-4H3. The molecule has 0 unspecified atom stereocenters. The Balaban J connectivity index is 3.07. The van der Waals surface area contributed by atoms with Gasteiger partial charge in [-0.15, -0.1) is 0 Å². The van der Waals surface area contributed by atoms with Crippen molar-refractivity contribution < 1.29 is 0 Å². The van der Waals surface area contributed by atoms with Gasteiger partial charge in [0.2, 0.25) is 0 Å². The van der Waals surface area contributed by atoms with Gasteiger partial charge in [-0.1, -0.05) is 0 Å². The van der Waals surface area contributed by atoms with Crippen LogP contribution in [0.15, 0.2) is 0 Å². The summed E-state index contributed by atoms with van der Waals surface area (Å²) in [4.78, 5) is 0. The summed E-state index contributed by atoms with van der Waals surface area (Å²) in [7, 11) is 0. The van der Waals surface area contributed by atoms with Crippen LogP contribution >= 0.6 is 0 Å². The third-order valence-corrected chi connectivity index (χ3v) is 9.44. The molecule has 0 bridgehead atoms. The molecule has 0 heterocycles. The summed E-state index contributed by atoms with van der Waals surface area (Å²) in [5.74, 6) is 0. The second-order valence-corrected chi connectivity index (χ2v) is 18.2. The summed E-state index contributed by atoms with van der Waals surface area (Å²) < 4.78 is 0. The molecule has 0 saturated carbocycles. The van der Waals surface area contributed by atoms with E-state index in [1.54, 1.807) is 0 Å². The Morgan fingerprint density at radius 1 is 1.22 bits per heavy atom. The summed E-state index contributed by atoms with van der Waals surface area (Å²) in [5, 5.41) is 1.53. The van der Waals surface area contributed by atoms with Crippen LogP contribution in [0.1, 0.15) is 19.8 Å². The summed E-state index contributed by atoms with van der Waals surface area (Å²) >= 11 is 1.00. The van der Waals surface area contributed by atoms with Crippen molar-refractivity contribution in [1.82, 2.24) is 0 Å². The van der Waals surface area contributed by atoms with Gasteiger partial charge in [0.05, 0.1) is 0 Å². The maximum absolute atomic E-state index is 2.47. The molecule has 0 nitrogen and oxygen atoms in total. The van der Waals surface area contributed by atoms with Crippen molar-refractivity contribution in [3.05, 3.63) is 0 Å². The second-order valence-electron chi connectivity index (χ2n) is 3.31. The molecule has 0 aromatic carbocycles. The van der Waals surface area contributed by atoms with E-state index >= 15 is 0 Å². The molecule has 0 N–H and O–H groups in total. The number of hydrogen-bond donors (Lipinski definition) is 0. The van der Waals surface area contributed by atoms with Crippen molar-refractivity contribution >= 4 is 21.0 Å². The fourth-order valence-corrected chi connectivity index (χ4v) is 6.65. The molecule has 0 amide bonds. The van der Waals surface area contributed by atoms with E-state index in [4.69, 9.17) is 0 Å². The zero-order valence-electron chi connectivity index (χ0n) is 7.03. The molecular formula is C7H18SeSi. The van der Waals surface area contributed by atoms with Gasteiger partial charge in [-0.2, -0.15) is 0 Å². The van der Waals surface area contributed by atoms with Crippen molar-refractivity contribution in [2.75, 3.05) is 0 Å². The third kappa shape index (κ3) is 8.74. The zero-order chi connectivity index (χ0) is 7.33. The van der Waals surface area contributed by atoms with Gasteiger partial charge in [-0.05, 0) is 0 Å². The fraction of sp³-hybridized carbons (Fsp3) is 1.00. The van der Waals surface area contributed by atoms with Gasteiger partial charge >= 0.3 is 65.7 Å².